The van der Waals surface area contributed by atoms with Gasteiger partial charge in [-0.25, -0.2) is 8.78 Å². The molecule has 1 atom stereocenters. The molecule has 0 spiro atoms. The van der Waals surface area contributed by atoms with Crippen molar-refractivity contribution in [2.45, 2.75) is 17.9 Å². The highest BCUT2D eigenvalue weighted by Crippen LogP contribution is 2.57. The Kier molecular flexibility index (Phi) is 2.00. The van der Waals surface area contributed by atoms with Crippen molar-refractivity contribution in [3.8, 4) is 0 Å². The molecule has 1 aliphatic rings. The Labute approximate surface area is 88.0 Å². The third-order valence-corrected chi connectivity index (χ3v) is 2.69. The summed E-state index contributed by atoms with van der Waals surface area (Å²) in [5, 5.41) is 10.4. The van der Waals surface area contributed by atoms with Gasteiger partial charge in [-0.2, -0.15) is 4.39 Å². The van der Waals surface area contributed by atoms with Crippen molar-refractivity contribution in [3.63, 3.8) is 0 Å². The van der Waals surface area contributed by atoms with Crippen molar-refractivity contribution in [3.05, 3.63) is 39.7 Å². The molecule has 1 unspecified atom stereocenters. The van der Waals surface area contributed by atoms with Crippen LogP contribution < -0.4 is 5.73 Å². The topological polar surface area (TPSA) is 69.2 Å². The van der Waals surface area contributed by atoms with E-state index in [-0.39, 0.29) is 5.56 Å². The maximum atomic E-state index is 13.0. The van der Waals surface area contributed by atoms with E-state index in [0.29, 0.717) is 0 Å². The summed E-state index contributed by atoms with van der Waals surface area (Å²) in [6.07, 6.45) is -0.581. The fourth-order valence-electron chi connectivity index (χ4n) is 1.55. The smallest absolute Gasteiger partial charge is 0.305 e. The van der Waals surface area contributed by atoms with Crippen molar-refractivity contribution < 1.29 is 18.1 Å². The first kappa shape index (κ1) is 10.9. The van der Waals surface area contributed by atoms with E-state index >= 15 is 0 Å². The number of rotatable bonds is 2. The average Bonchev–Trinajstić information content (AvgIpc) is 2.67. The molecule has 1 aromatic carbocycles. The van der Waals surface area contributed by atoms with Gasteiger partial charge in [0.25, 0.3) is 5.92 Å². The Morgan fingerprint density at radius 1 is 1.44 bits per heavy atom. The number of nitro benzene ring substituents is 1. The summed E-state index contributed by atoms with van der Waals surface area (Å²) in [4.78, 5) is 9.45. The maximum absolute atomic E-state index is 13.0. The van der Waals surface area contributed by atoms with Crippen LogP contribution in [0.2, 0.25) is 0 Å². The minimum Gasteiger partial charge on any atom is -0.316 e. The molecular formula is C9H7F3N2O2. The lowest BCUT2D eigenvalue weighted by Crippen LogP contribution is -2.27. The van der Waals surface area contributed by atoms with Gasteiger partial charge in [0.2, 0.25) is 5.82 Å². The zero-order chi connectivity index (χ0) is 12.1. The van der Waals surface area contributed by atoms with E-state index in [9.17, 15) is 23.3 Å². The van der Waals surface area contributed by atoms with Gasteiger partial charge in [0.15, 0.2) is 0 Å². The number of alkyl halides is 2. The van der Waals surface area contributed by atoms with Gasteiger partial charge in [-0.05, 0) is 11.6 Å². The van der Waals surface area contributed by atoms with Crippen molar-refractivity contribution >= 4 is 5.69 Å². The van der Waals surface area contributed by atoms with Gasteiger partial charge in [-0.3, -0.25) is 10.1 Å². The summed E-state index contributed by atoms with van der Waals surface area (Å²) in [5.74, 6) is -4.15. The SMILES string of the molecule is NC1(c2ccc(F)c([N+](=O)[O-])c2)CC1(F)F. The number of nitrogens with zero attached hydrogens (tertiary/aromatic N) is 1. The first-order valence-corrected chi connectivity index (χ1v) is 4.39. The van der Waals surface area contributed by atoms with Crippen LogP contribution in [0, 0.1) is 15.9 Å². The van der Waals surface area contributed by atoms with Crippen molar-refractivity contribution in [2.24, 2.45) is 5.73 Å². The summed E-state index contributed by atoms with van der Waals surface area (Å²) >= 11 is 0. The van der Waals surface area contributed by atoms with Gasteiger partial charge in [0.1, 0.15) is 5.54 Å². The van der Waals surface area contributed by atoms with Crippen LogP contribution in [0.3, 0.4) is 0 Å². The number of halogens is 3. The van der Waals surface area contributed by atoms with Crippen LogP contribution >= 0.6 is 0 Å². The molecule has 0 heterocycles. The molecule has 0 amide bonds. The Bertz CT molecular complexity index is 478. The van der Waals surface area contributed by atoms with E-state index in [2.05, 4.69) is 0 Å². The fraction of sp³-hybridized carbons (Fsp3) is 0.333. The Morgan fingerprint density at radius 3 is 2.44 bits per heavy atom. The minimum atomic E-state index is -3.08. The molecule has 0 radical (unpaired) electrons. The molecule has 0 aromatic heterocycles. The highest BCUT2D eigenvalue weighted by molar-refractivity contribution is 5.44. The number of hydrogen-bond donors (Lipinski definition) is 1. The van der Waals surface area contributed by atoms with Crippen LogP contribution in [0.1, 0.15) is 12.0 Å². The van der Waals surface area contributed by atoms with Crippen LogP contribution in [0.5, 0.6) is 0 Å². The van der Waals surface area contributed by atoms with Gasteiger partial charge in [-0.15, -0.1) is 0 Å². The van der Waals surface area contributed by atoms with E-state index in [4.69, 9.17) is 5.73 Å². The van der Waals surface area contributed by atoms with Crippen LogP contribution in [-0.2, 0) is 5.54 Å². The molecule has 1 fully saturated rings. The second-order valence-electron chi connectivity index (χ2n) is 3.78. The fourth-order valence-corrected chi connectivity index (χ4v) is 1.55. The third kappa shape index (κ3) is 1.35. The summed E-state index contributed by atoms with van der Waals surface area (Å²) in [6, 6.07) is 2.58. The molecule has 4 nitrogen and oxygen atoms in total. The lowest BCUT2D eigenvalue weighted by molar-refractivity contribution is -0.387. The van der Waals surface area contributed by atoms with Gasteiger partial charge in [-0.1, -0.05) is 6.07 Å². The van der Waals surface area contributed by atoms with E-state index in [1.807, 2.05) is 0 Å². The molecule has 86 valence electrons. The van der Waals surface area contributed by atoms with E-state index in [1.165, 1.54) is 0 Å². The molecule has 16 heavy (non-hydrogen) atoms. The number of nitrogens with two attached hydrogens (primary N) is 1. The summed E-state index contributed by atoms with van der Waals surface area (Å²) in [5.41, 5.74) is 2.51. The molecular weight excluding hydrogens is 225 g/mol. The molecule has 2 N–H and O–H groups in total. The maximum Gasteiger partial charge on any atom is 0.305 e. The number of nitro groups is 1. The van der Waals surface area contributed by atoms with Crippen LogP contribution in [0.25, 0.3) is 0 Å². The Balaban J connectivity index is 2.46. The molecule has 0 bridgehead atoms. The predicted octanol–water partition coefficient (Wildman–Crippen LogP) is 1.93. The molecule has 2 rings (SSSR count). The monoisotopic (exact) mass is 232 g/mol. The minimum absolute atomic E-state index is 0.120. The summed E-state index contributed by atoms with van der Waals surface area (Å²) in [7, 11) is 0. The second-order valence-corrected chi connectivity index (χ2v) is 3.78. The zero-order valence-electron chi connectivity index (χ0n) is 7.91. The highest BCUT2D eigenvalue weighted by atomic mass is 19.3. The zero-order valence-corrected chi connectivity index (χ0v) is 7.91. The van der Waals surface area contributed by atoms with E-state index < -0.39 is 34.3 Å². The molecule has 1 aliphatic carbocycles. The molecule has 1 aromatic rings. The normalized spacial score (nSPS) is 26.5. The first-order valence-electron chi connectivity index (χ1n) is 4.39. The van der Waals surface area contributed by atoms with Crippen molar-refractivity contribution in [2.75, 3.05) is 0 Å². The second kappa shape index (κ2) is 2.94. The van der Waals surface area contributed by atoms with Crippen molar-refractivity contribution in [1.29, 1.82) is 0 Å². The number of benzene rings is 1. The molecule has 1 saturated carbocycles. The number of hydrogen-bond acceptors (Lipinski definition) is 3. The summed E-state index contributed by atoms with van der Waals surface area (Å²) < 4.78 is 38.8. The standard InChI is InChI=1S/C9H7F3N2O2/c10-6-2-1-5(3-7(6)14(15)16)8(13)4-9(8,11)12/h1-3H,4,13H2. The molecule has 0 aliphatic heterocycles. The Hall–Kier alpha value is -1.63. The van der Waals surface area contributed by atoms with Crippen LogP contribution in [0.4, 0.5) is 18.9 Å². The highest BCUT2D eigenvalue weighted by Gasteiger charge is 2.70. The lowest BCUT2D eigenvalue weighted by atomic mass is 10.0. The Morgan fingerprint density at radius 2 is 2.00 bits per heavy atom. The quantitative estimate of drug-likeness (QED) is 0.625. The van der Waals surface area contributed by atoms with Crippen molar-refractivity contribution in [1.82, 2.24) is 0 Å². The van der Waals surface area contributed by atoms with Gasteiger partial charge in [0.05, 0.1) is 4.92 Å². The van der Waals surface area contributed by atoms with E-state index in [0.717, 1.165) is 18.2 Å². The molecule has 7 heteroatoms. The lowest BCUT2D eigenvalue weighted by Gasteiger charge is -2.10. The van der Waals surface area contributed by atoms with E-state index in [1.54, 1.807) is 0 Å². The van der Waals surface area contributed by atoms with Crippen LogP contribution in [-0.4, -0.2) is 10.8 Å². The average molecular weight is 232 g/mol. The first-order chi connectivity index (χ1) is 7.28. The van der Waals surface area contributed by atoms with Gasteiger partial charge in [0, 0.05) is 12.5 Å². The predicted molar refractivity (Wildman–Crippen MR) is 48.5 cm³/mol. The molecule has 0 saturated heterocycles. The summed E-state index contributed by atoms with van der Waals surface area (Å²) in [6.45, 7) is 0. The largest absolute Gasteiger partial charge is 0.316 e. The van der Waals surface area contributed by atoms with Gasteiger partial charge >= 0.3 is 5.69 Å². The van der Waals surface area contributed by atoms with Gasteiger partial charge < -0.3 is 5.73 Å². The van der Waals surface area contributed by atoms with Crippen LogP contribution in [0.15, 0.2) is 18.2 Å². The third-order valence-electron chi connectivity index (χ3n) is 2.69.